The monoisotopic (exact) mass is 256 g/mol. The number of hydroxylamine groups is 1. The average molecular weight is 256 g/mol. The van der Waals surface area contributed by atoms with Gasteiger partial charge < -0.3 is 5.32 Å². The predicted octanol–water partition coefficient (Wildman–Crippen LogP) is 3.25. The fraction of sp³-hybridized carbons (Fsp3) is 0.133. The molecule has 2 N–H and O–H groups in total. The maximum absolute atomic E-state index is 11.6. The minimum atomic E-state index is -0.387. The molecule has 2 rings (SSSR count). The van der Waals surface area contributed by atoms with Crippen LogP contribution in [0.3, 0.4) is 0 Å². The van der Waals surface area contributed by atoms with Gasteiger partial charge in [-0.1, -0.05) is 42.5 Å². The number of benzene rings is 2. The Balaban J connectivity index is 1.76. The van der Waals surface area contributed by atoms with Crippen LogP contribution in [0.4, 0.5) is 10.5 Å². The first-order chi connectivity index (χ1) is 9.24. The van der Waals surface area contributed by atoms with Crippen LogP contribution in [0.5, 0.6) is 0 Å². The van der Waals surface area contributed by atoms with Crippen molar-refractivity contribution in [2.24, 2.45) is 0 Å². The molecule has 0 bridgehead atoms. The van der Waals surface area contributed by atoms with E-state index in [4.69, 9.17) is 4.84 Å². The molecular weight excluding hydrogens is 240 g/mol. The summed E-state index contributed by atoms with van der Waals surface area (Å²) >= 11 is 0. The minimum absolute atomic E-state index is 0.335. The van der Waals surface area contributed by atoms with E-state index in [0.29, 0.717) is 6.61 Å². The van der Waals surface area contributed by atoms with Gasteiger partial charge in [0.2, 0.25) is 0 Å². The van der Waals surface area contributed by atoms with Crippen molar-refractivity contribution in [3.8, 4) is 0 Å². The van der Waals surface area contributed by atoms with Crippen molar-refractivity contribution in [2.45, 2.75) is 13.5 Å². The average Bonchev–Trinajstić information content (AvgIpc) is 2.40. The highest BCUT2D eigenvalue weighted by molar-refractivity contribution is 5.88. The minimum Gasteiger partial charge on any atom is -0.306 e. The summed E-state index contributed by atoms with van der Waals surface area (Å²) in [4.78, 5) is 16.7. The van der Waals surface area contributed by atoms with Crippen molar-refractivity contribution in [1.29, 1.82) is 0 Å². The summed E-state index contributed by atoms with van der Waals surface area (Å²) in [5.41, 5.74) is 5.17. The second-order valence-electron chi connectivity index (χ2n) is 4.20. The van der Waals surface area contributed by atoms with Crippen LogP contribution in [0.1, 0.15) is 11.1 Å². The van der Waals surface area contributed by atoms with E-state index in [2.05, 4.69) is 10.8 Å². The quantitative estimate of drug-likeness (QED) is 0.825. The molecule has 2 aromatic rings. The topological polar surface area (TPSA) is 50.4 Å². The number of urea groups is 1. The molecule has 0 aliphatic rings. The van der Waals surface area contributed by atoms with Gasteiger partial charge in [-0.05, 0) is 30.2 Å². The number of anilines is 1. The zero-order valence-corrected chi connectivity index (χ0v) is 10.7. The van der Waals surface area contributed by atoms with Crippen LogP contribution in [-0.4, -0.2) is 6.03 Å². The van der Waals surface area contributed by atoms with Crippen molar-refractivity contribution < 1.29 is 9.63 Å². The second kappa shape index (κ2) is 6.56. The Labute approximate surface area is 112 Å². The third-order valence-electron chi connectivity index (χ3n) is 2.52. The highest BCUT2D eigenvalue weighted by Gasteiger charge is 2.01. The molecule has 0 saturated heterocycles. The lowest BCUT2D eigenvalue weighted by atomic mass is 10.2. The van der Waals surface area contributed by atoms with Gasteiger partial charge in [-0.25, -0.2) is 10.3 Å². The molecule has 98 valence electrons. The van der Waals surface area contributed by atoms with Gasteiger partial charge in [-0.3, -0.25) is 4.84 Å². The maximum Gasteiger partial charge on any atom is 0.343 e. The molecule has 4 nitrogen and oxygen atoms in total. The van der Waals surface area contributed by atoms with Crippen LogP contribution in [0.2, 0.25) is 0 Å². The normalized spacial score (nSPS) is 9.95. The Morgan fingerprint density at radius 1 is 1.11 bits per heavy atom. The molecule has 0 atom stereocenters. The van der Waals surface area contributed by atoms with Crippen LogP contribution in [0, 0.1) is 6.92 Å². The third-order valence-corrected chi connectivity index (χ3v) is 2.52. The third kappa shape index (κ3) is 4.44. The van der Waals surface area contributed by atoms with E-state index in [1.54, 1.807) is 0 Å². The van der Waals surface area contributed by atoms with Crippen molar-refractivity contribution >= 4 is 11.7 Å². The highest BCUT2D eigenvalue weighted by atomic mass is 16.7. The largest absolute Gasteiger partial charge is 0.343 e. The number of hydrogen-bond acceptors (Lipinski definition) is 2. The number of aryl methyl sites for hydroxylation is 1. The zero-order chi connectivity index (χ0) is 13.5. The molecule has 0 aliphatic heterocycles. The van der Waals surface area contributed by atoms with Gasteiger partial charge in [0.15, 0.2) is 0 Å². The molecule has 0 unspecified atom stereocenters. The number of rotatable bonds is 4. The summed E-state index contributed by atoms with van der Waals surface area (Å²) in [5, 5.41) is 2.69. The fourth-order valence-corrected chi connectivity index (χ4v) is 1.64. The Morgan fingerprint density at radius 2 is 1.89 bits per heavy atom. The van der Waals surface area contributed by atoms with Gasteiger partial charge in [-0.15, -0.1) is 0 Å². The number of hydrogen-bond donors (Lipinski definition) is 2. The Morgan fingerprint density at radius 3 is 2.63 bits per heavy atom. The molecule has 4 heteroatoms. The summed E-state index contributed by atoms with van der Waals surface area (Å²) in [6.07, 6.45) is 0. The molecule has 0 aromatic heterocycles. The Hall–Kier alpha value is -2.33. The highest BCUT2D eigenvalue weighted by Crippen LogP contribution is 2.09. The van der Waals surface area contributed by atoms with Gasteiger partial charge in [0.25, 0.3) is 0 Å². The number of nitrogens with one attached hydrogen (secondary N) is 2. The summed E-state index contributed by atoms with van der Waals surface area (Å²) in [6, 6.07) is 16.8. The lowest BCUT2D eigenvalue weighted by Gasteiger charge is -2.08. The molecule has 2 amide bonds. The molecule has 0 aliphatic carbocycles. The lowest BCUT2D eigenvalue weighted by Crippen LogP contribution is -2.28. The maximum atomic E-state index is 11.6. The first-order valence-corrected chi connectivity index (χ1v) is 6.03. The molecule has 0 spiro atoms. The van der Waals surface area contributed by atoms with Crippen LogP contribution in [0.25, 0.3) is 0 Å². The molecule has 19 heavy (non-hydrogen) atoms. The van der Waals surface area contributed by atoms with Crippen LogP contribution < -0.4 is 10.8 Å². The van der Waals surface area contributed by atoms with E-state index in [9.17, 15) is 4.79 Å². The molecule has 2 aromatic carbocycles. The van der Waals surface area contributed by atoms with Gasteiger partial charge in [0, 0.05) is 5.69 Å². The summed E-state index contributed by atoms with van der Waals surface area (Å²) in [6.45, 7) is 2.30. The SMILES string of the molecule is Cc1cccc(NC(=O)NOCc2ccccc2)c1. The van der Waals surface area contributed by atoms with E-state index in [0.717, 1.165) is 16.8 Å². The summed E-state index contributed by atoms with van der Waals surface area (Å²) in [7, 11) is 0. The lowest BCUT2D eigenvalue weighted by molar-refractivity contribution is 0.0536. The summed E-state index contributed by atoms with van der Waals surface area (Å²) < 4.78 is 0. The van der Waals surface area contributed by atoms with Crippen LogP contribution in [-0.2, 0) is 11.4 Å². The van der Waals surface area contributed by atoms with E-state index in [1.165, 1.54) is 0 Å². The molecular formula is C15H16N2O2. The first kappa shape index (κ1) is 13.1. The Kier molecular flexibility index (Phi) is 4.53. The smallest absolute Gasteiger partial charge is 0.306 e. The van der Waals surface area contributed by atoms with Crippen LogP contribution in [0.15, 0.2) is 54.6 Å². The number of amides is 2. The number of carbonyl (C=O) groups is 1. The van der Waals surface area contributed by atoms with Gasteiger partial charge in [0.1, 0.15) is 0 Å². The van der Waals surface area contributed by atoms with E-state index >= 15 is 0 Å². The van der Waals surface area contributed by atoms with E-state index < -0.39 is 0 Å². The van der Waals surface area contributed by atoms with E-state index in [-0.39, 0.29) is 6.03 Å². The van der Waals surface area contributed by atoms with Crippen molar-refractivity contribution in [1.82, 2.24) is 5.48 Å². The fourth-order valence-electron chi connectivity index (χ4n) is 1.64. The Bertz CT molecular complexity index is 541. The van der Waals surface area contributed by atoms with Gasteiger partial charge >= 0.3 is 6.03 Å². The summed E-state index contributed by atoms with van der Waals surface area (Å²) in [5.74, 6) is 0. The van der Waals surface area contributed by atoms with E-state index in [1.807, 2.05) is 61.5 Å². The molecule has 0 radical (unpaired) electrons. The molecule has 0 fully saturated rings. The standard InChI is InChI=1S/C15H16N2O2/c1-12-6-5-9-14(10-12)16-15(18)17-19-11-13-7-3-2-4-8-13/h2-10H,11H2,1H3,(H2,16,17,18). The van der Waals surface area contributed by atoms with Crippen molar-refractivity contribution in [3.63, 3.8) is 0 Å². The zero-order valence-electron chi connectivity index (χ0n) is 10.7. The molecule has 0 heterocycles. The van der Waals surface area contributed by atoms with Gasteiger partial charge in [-0.2, -0.15) is 0 Å². The molecule has 0 saturated carbocycles. The van der Waals surface area contributed by atoms with Crippen molar-refractivity contribution in [2.75, 3.05) is 5.32 Å². The first-order valence-electron chi connectivity index (χ1n) is 6.03. The predicted molar refractivity (Wildman–Crippen MR) is 74.6 cm³/mol. The van der Waals surface area contributed by atoms with Gasteiger partial charge in [0.05, 0.1) is 6.61 Å². The number of carbonyl (C=O) groups excluding carboxylic acids is 1. The second-order valence-corrected chi connectivity index (χ2v) is 4.20. The van der Waals surface area contributed by atoms with Crippen LogP contribution >= 0.6 is 0 Å². The van der Waals surface area contributed by atoms with Crippen molar-refractivity contribution in [3.05, 3.63) is 65.7 Å².